The molecule has 0 spiro atoms. The maximum Gasteiger partial charge on any atom is 0.328 e. The van der Waals surface area contributed by atoms with Crippen LogP contribution in [0, 0.1) is 0 Å². The van der Waals surface area contributed by atoms with Crippen LogP contribution in [0.4, 0.5) is 0 Å². The molecule has 0 saturated carbocycles. The van der Waals surface area contributed by atoms with Crippen molar-refractivity contribution in [3.05, 3.63) is 29.3 Å². The van der Waals surface area contributed by atoms with Crippen LogP contribution in [-0.2, 0) is 19.1 Å². The average Bonchev–Trinajstić information content (AvgIpc) is 2.59. The predicted molar refractivity (Wildman–Crippen MR) is 84.5 cm³/mol. The molecule has 1 saturated heterocycles. The molecule has 1 heterocycles. The average molecular weight is 342 g/mol. The van der Waals surface area contributed by atoms with E-state index >= 15 is 0 Å². The fourth-order valence-corrected chi connectivity index (χ4v) is 2.69. The Labute approximate surface area is 140 Å². The van der Waals surface area contributed by atoms with Crippen LogP contribution in [0.5, 0.6) is 5.75 Å². The number of piperidine rings is 1. The Balaban J connectivity index is 1.98. The molecule has 0 radical (unpaired) electrons. The van der Waals surface area contributed by atoms with Gasteiger partial charge in [0.15, 0.2) is 6.61 Å². The lowest BCUT2D eigenvalue weighted by Crippen LogP contribution is -2.53. The van der Waals surface area contributed by atoms with Crippen molar-refractivity contribution in [3.63, 3.8) is 0 Å². The van der Waals surface area contributed by atoms with Crippen molar-refractivity contribution in [1.82, 2.24) is 4.90 Å². The van der Waals surface area contributed by atoms with Gasteiger partial charge in [-0.3, -0.25) is 4.79 Å². The molecule has 23 heavy (non-hydrogen) atoms. The summed E-state index contributed by atoms with van der Waals surface area (Å²) in [5.74, 6) is -0.152. The number of ether oxygens (including phenoxy) is 3. The summed E-state index contributed by atoms with van der Waals surface area (Å²) < 4.78 is 15.5. The van der Waals surface area contributed by atoms with Crippen LogP contribution >= 0.6 is 11.6 Å². The molecule has 0 aliphatic carbocycles. The molecule has 1 aromatic rings. The number of carbonyl (C=O) groups is 2. The summed E-state index contributed by atoms with van der Waals surface area (Å²) in [5.41, 5.74) is 0. The summed E-state index contributed by atoms with van der Waals surface area (Å²) in [6, 6.07) is 6.10. The third-order valence-corrected chi connectivity index (χ3v) is 4.11. The summed E-state index contributed by atoms with van der Waals surface area (Å²) in [5, 5.41) is 0.594. The van der Waals surface area contributed by atoms with E-state index in [9.17, 15) is 9.59 Å². The van der Waals surface area contributed by atoms with E-state index in [1.165, 1.54) is 12.0 Å². The van der Waals surface area contributed by atoms with Crippen LogP contribution in [0.2, 0.25) is 5.02 Å². The van der Waals surface area contributed by atoms with E-state index in [1.54, 1.807) is 31.4 Å². The van der Waals surface area contributed by atoms with Crippen LogP contribution in [0.3, 0.4) is 0 Å². The predicted octanol–water partition coefficient (Wildman–Crippen LogP) is 1.90. The highest BCUT2D eigenvalue weighted by Gasteiger charge is 2.37. The third kappa shape index (κ3) is 4.59. The number of rotatable bonds is 5. The Bertz CT molecular complexity index is 548. The monoisotopic (exact) mass is 341 g/mol. The maximum atomic E-state index is 12.4. The smallest absolute Gasteiger partial charge is 0.328 e. The molecule has 1 aliphatic heterocycles. The van der Waals surface area contributed by atoms with Crippen LogP contribution in [0.15, 0.2) is 24.3 Å². The Hall–Kier alpha value is -1.79. The summed E-state index contributed by atoms with van der Waals surface area (Å²) in [7, 11) is 2.91. The van der Waals surface area contributed by atoms with Crippen molar-refractivity contribution in [1.29, 1.82) is 0 Å². The minimum absolute atomic E-state index is 0.0552. The van der Waals surface area contributed by atoms with E-state index in [2.05, 4.69) is 0 Å². The molecule has 1 fully saturated rings. The van der Waals surface area contributed by atoms with E-state index in [1.807, 2.05) is 0 Å². The van der Waals surface area contributed by atoms with Gasteiger partial charge in [0.05, 0.1) is 13.2 Å². The summed E-state index contributed by atoms with van der Waals surface area (Å²) in [6.45, 7) is 0.286. The molecule has 2 atom stereocenters. The molecule has 0 bridgehead atoms. The molecule has 7 heteroatoms. The molecule has 1 aliphatic rings. The molecule has 1 amide bonds. The van der Waals surface area contributed by atoms with Crippen LogP contribution in [0.25, 0.3) is 0 Å². The first-order valence-corrected chi connectivity index (χ1v) is 7.71. The summed E-state index contributed by atoms with van der Waals surface area (Å²) in [4.78, 5) is 25.8. The molecule has 1 aromatic carbocycles. The standard InChI is InChI=1S/C16H20ClNO5/c1-21-13-7-8-18(14(9-13)16(20)22-2)15(19)10-23-12-5-3-11(17)4-6-12/h3-6,13-14H,7-10H2,1-2H3/t13-,14-/m1/s1. The van der Waals surface area contributed by atoms with Gasteiger partial charge in [0.2, 0.25) is 0 Å². The lowest BCUT2D eigenvalue weighted by Gasteiger charge is -2.37. The Morgan fingerprint density at radius 2 is 1.96 bits per heavy atom. The number of benzene rings is 1. The summed E-state index contributed by atoms with van der Waals surface area (Å²) >= 11 is 5.80. The van der Waals surface area contributed by atoms with Gasteiger partial charge in [-0.15, -0.1) is 0 Å². The molecular weight excluding hydrogens is 322 g/mol. The molecule has 0 unspecified atom stereocenters. The Morgan fingerprint density at radius 1 is 1.26 bits per heavy atom. The van der Waals surface area contributed by atoms with Crippen LogP contribution < -0.4 is 4.74 Å². The highest BCUT2D eigenvalue weighted by Crippen LogP contribution is 2.21. The second-order valence-electron chi connectivity index (χ2n) is 5.25. The van der Waals surface area contributed by atoms with E-state index in [0.717, 1.165) is 0 Å². The van der Waals surface area contributed by atoms with Crippen LogP contribution in [0.1, 0.15) is 12.8 Å². The van der Waals surface area contributed by atoms with Gasteiger partial charge in [0.25, 0.3) is 5.91 Å². The highest BCUT2D eigenvalue weighted by molar-refractivity contribution is 6.30. The number of amides is 1. The first-order valence-electron chi connectivity index (χ1n) is 7.33. The summed E-state index contributed by atoms with van der Waals surface area (Å²) in [6.07, 6.45) is 1.05. The van der Waals surface area contributed by atoms with E-state index in [0.29, 0.717) is 30.2 Å². The van der Waals surface area contributed by atoms with Gasteiger partial charge in [0, 0.05) is 25.1 Å². The van der Waals surface area contributed by atoms with Gasteiger partial charge < -0.3 is 19.1 Å². The zero-order chi connectivity index (χ0) is 16.8. The van der Waals surface area contributed by atoms with Crippen molar-refractivity contribution < 1.29 is 23.8 Å². The zero-order valence-electron chi connectivity index (χ0n) is 13.2. The SMILES string of the molecule is COC(=O)[C@H]1C[C@H](OC)CCN1C(=O)COc1ccc(Cl)cc1. The molecule has 6 nitrogen and oxygen atoms in total. The van der Waals surface area contributed by atoms with Gasteiger partial charge in [-0.05, 0) is 30.7 Å². The largest absolute Gasteiger partial charge is 0.484 e. The third-order valence-electron chi connectivity index (χ3n) is 3.86. The minimum atomic E-state index is -0.639. The van der Waals surface area contributed by atoms with Crippen molar-refractivity contribution in [2.24, 2.45) is 0 Å². The number of halogens is 1. The normalized spacial score (nSPS) is 20.9. The minimum Gasteiger partial charge on any atom is -0.484 e. The maximum absolute atomic E-state index is 12.4. The van der Waals surface area contributed by atoms with Crippen molar-refractivity contribution in [2.45, 2.75) is 25.0 Å². The van der Waals surface area contributed by atoms with Gasteiger partial charge in [-0.1, -0.05) is 11.6 Å². The number of nitrogens with zero attached hydrogens (tertiary/aromatic N) is 1. The second kappa shape index (κ2) is 8.17. The first-order chi connectivity index (χ1) is 11.0. The van der Waals surface area contributed by atoms with Gasteiger partial charge in [0.1, 0.15) is 11.8 Å². The Kier molecular flexibility index (Phi) is 6.24. The number of carbonyl (C=O) groups excluding carboxylic acids is 2. The van der Waals surface area contributed by atoms with E-state index in [-0.39, 0.29) is 18.6 Å². The number of esters is 1. The molecular formula is C16H20ClNO5. The molecule has 126 valence electrons. The van der Waals surface area contributed by atoms with E-state index in [4.69, 9.17) is 25.8 Å². The number of hydrogen-bond acceptors (Lipinski definition) is 5. The topological polar surface area (TPSA) is 65.1 Å². The fourth-order valence-electron chi connectivity index (χ4n) is 2.56. The Morgan fingerprint density at radius 3 is 2.57 bits per heavy atom. The molecule has 0 N–H and O–H groups in total. The van der Waals surface area contributed by atoms with Crippen molar-refractivity contribution in [2.75, 3.05) is 27.4 Å². The highest BCUT2D eigenvalue weighted by atomic mass is 35.5. The van der Waals surface area contributed by atoms with E-state index < -0.39 is 12.0 Å². The lowest BCUT2D eigenvalue weighted by molar-refractivity contribution is -0.158. The zero-order valence-corrected chi connectivity index (χ0v) is 13.9. The first kappa shape index (κ1) is 17.6. The number of hydrogen-bond donors (Lipinski definition) is 0. The number of methoxy groups -OCH3 is 2. The molecule has 2 rings (SSSR count). The number of likely N-dealkylation sites (tertiary alicyclic amines) is 1. The quantitative estimate of drug-likeness (QED) is 0.765. The molecule has 0 aromatic heterocycles. The fraction of sp³-hybridized carbons (Fsp3) is 0.500. The van der Waals surface area contributed by atoms with Gasteiger partial charge >= 0.3 is 5.97 Å². The van der Waals surface area contributed by atoms with Crippen molar-refractivity contribution in [3.8, 4) is 5.75 Å². The van der Waals surface area contributed by atoms with Crippen molar-refractivity contribution >= 4 is 23.5 Å². The lowest BCUT2D eigenvalue weighted by atomic mass is 9.99. The second-order valence-corrected chi connectivity index (χ2v) is 5.69. The van der Waals surface area contributed by atoms with Gasteiger partial charge in [-0.2, -0.15) is 0 Å². The van der Waals surface area contributed by atoms with Crippen LogP contribution in [-0.4, -0.2) is 56.3 Å². The van der Waals surface area contributed by atoms with Gasteiger partial charge in [-0.25, -0.2) is 4.79 Å².